The van der Waals surface area contributed by atoms with Gasteiger partial charge in [0.1, 0.15) is 5.82 Å². The van der Waals surface area contributed by atoms with Crippen LogP contribution in [-0.2, 0) is 18.4 Å². The minimum atomic E-state index is -0.00645. The highest BCUT2D eigenvalue weighted by Crippen LogP contribution is 2.39. The van der Waals surface area contributed by atoms with Crippen molar-refractivity contribution in [3.63, 3.8) is 0 Å². The lowest BCUT2D eigenvalue weighted by Gasteiger charge is -2.56. The number of piperidine rings is 2. The molecule has 2 fully saturated rings. The van der Waals surface area contributed by atoms with Crippen LogP contribution in [0, 0.1) is 0 Å². The van der Waals surface area contributed by atoms with Crippen molar-refractivity contribution in [2.24, 2.45) is 7.05 Å². The van der Waals surface area contributed by atoms with Gasteiger partial charge in [0.15, 0.2) is 0 Å². The molecule has 0 spiro atoms. The van der Waals surface area contributed by atoms with Crippen molar-refractivity contribution < 1.29 is 4.79 Å². The maximum absolute atomic E-state index is 12.0. The Balaban J connectivity index is 1.83. The summed E-state index contributed by atoms with van der Waals surface area (Å²) in [5, 5.41) is 0. The van der Waals surface area contributed by atoms with E-state index in [9.17, 15) is 4.79 Å². The molecule has 0 saturated carbocycles. The van der Waals surface area contributed by atoms with Crippen molar-refractivity contribution >= 4 is 5.91 Å². The number of fused-ring (bicyclic) bond motifs is 1. The van der Waals surface area contributed by atoms with Gasteiger partial charge in [-0.2, -0.15) is 0 Å². The van der Waals surface area contributed by atoms with Gasteiger partial charge < -0.3 is 9.47 Å². The Morgan fingerprint density at radius 2 is 2.24 bits per heavy atom. The average molecular weight is 290 g/mol. The first-order valence-corrected chi connectivity index (χ1v) is 8.01. The molecule has 3 rings (SSSR count). The topological polar surface area (TPSA) is 41.4 Å². The number of amides is 1. The summed E-state index contributed by atoms with van der Waals surface area (Å²) in [7, 11) is 2.05. The minimum Gasteiger partial charge on any atom is -0.337 e. The van der Waals surface area contributed by atoms with Crippen LogP contribution in [0.2, 0.25) is 0 Å². The molecule has 5 heteroatoms. The van der Waals surface area contributed by atoms with Crippen LogP contribution in [0.25, 0.3) is 0 Å². The highest BCUT2D eigenvalue weighted by Gasteiger charge is 2.48. The zero-order valence-corrected chi connectivity index (χ0v) is 13.4. The number of carbonyl (C=O) groups is 1. The van der Waals surface area contributed by atoms with Gasteiger partial charge >= 0.3 is 0 Å². The number of aromatic nitrogens is 2. The summed E-state index contributed by atoms with van der Waals surface area (Å²) < 4.78 is 2.09. The van der Waals surface area contributed by atoms with Crippen molar-refractivity contribution in [3.05, 3.63) is 18.2 Å². The molecule has 2 atom stereocenters. The third-order valence-corrected chi connectivity index (χ3v) is 5.41. The molecule has 1 aromatic heterocycles. The van der Waals surface area contributed by atoms with Gasteiger partial charge in [-0.15, -0.1) is 0 Å². The predicted octanol–water partition coefficient (Wildman–Crippen LogP) is 1.79. The quantitative estimate of drug-likeness (QED) is 0.834. The number of imidazole rings is 1. The molecule has 0 aliphatic carbocycles. The van der Waals surface area contributed by atoms with Crippen LogP contribution < -0.4 is 0 Å². The molecule has 21 heavy (non-hydrogen) atoms. The van der Waals surface area contributed by atoms with E-state index in [-0.39, 0.29) is 11.4 Å². The second-order valence-corrected chi connectivity index (χ2v) is 6.71. The van der Waals surface area contributed by atoms with E-state index < -0.39 is 0 Å². The smallest absolute Gasteiger partial charge is 0.219 e. The van der Waals surface area contributed by atoms with E-state index in [1.165, 1.54) is 6.42 Å². The molecular formula is C16H26N4O. The van der Waals surface area contributed by atoms with Crippen molar-refractivity contribution in [3.8, 4) is 0 Å². The monoisotopic (exact) mass is 290 g/mol. The number of nitrogens with zero attached hydrogens (tertiary/aromatic N) is 4. The van der Waals surface area contributed by atoms with Crippen molar-refractivity contribution in [1.82, 2.24) is 19.4 Å². The van der Waals surface area contributed by atoms with E-state index in [1.54, 1.807) is 6.92 Å². The Bertz CT molecular complexity index is 526. The Morgan fingerprint density at radius 1 is 1.43 bits per heavy atom. The van der Waals surface area contributed by atoms with Crippen LogP contribution in [-0.4, -0.2) is 49.9 Å². The summed E-state index contributed by atoms with van der Waals surface area (Å²) in [5.74, 6) is 1.33. The molecule has 3 heterocycles. The SMILES string of the molecule is CC(=O)N1CCC[C@H]2N(Cc3nccn3C)CCC[C@@]21C. The van der Waals surface area contributed by atoms with Gasteiger partial charge in [0, 0.05) is 39.0 Å². The highest BCUT2D eigenvalue weighted by molar-refractivity contribution is 5.74. The number of hydrogen-bond acceptors (Lipinski definition) is 3. The molecule has 5 nitrogen and oxygen atoms in total. The van der Waals surface area contributed by atoms with Crippen LogP contribution in [0.3, 0.4) is 0 Å². The average Bonchev–Trinajstić information content (AvgIpc) is 2.83. The van der Waals surface area contributed by atoms with Gasteiger partial charge in [0.05, 0.1) is 12.1 Å². The Morgan fingerprint density at radius 3 is 2.90 bits per heavy atom. The Kier molecular flexibility index (Phi) is 3.78. The van der Waals surface area contributed by atoms with Crippen LogP contribution in [0.5, 0.6) is 0 Å². The molecule has 116 valence electrons. The molecule has 1 amide bonds. The van der Waals surface area contributed by atoms with E-state index in [4.69, 9.17) is 0 Å². The summed E-state index contributed by atoms with van der Waals surface area (Å²) >= 11 is 0. The number of hydrogen-bond donors (Lipinski definition) is 0. The van der Waals surface area contributed by atoms with Crippen molar-refractivity contribution in [1.29, 1.82) is 0 Å². The second kappa shape index (κ2) is 5.44. The molecule has 0 bridgehead atoms. The third-order valence-electron chi connectivity index (χ3n) is 5.41. The Hall–Kier alpha value is -1.36. The zero-order chi connectivity index (χ0) is 15.0. The number of likely N-dealkylation sites (tertiary alicyclic amines) is 2. The molecule has 1 aromatic rings. The largest absolute Gasteiger partial charge is 0.337 e. The maximum atomic E-state index is 12.0. The maximum Gasteiger partial charge on any atom is 0.219 e. The molecule has 2 saturated heterocycles. The van der Waals surface area contributed by atoms with E-state index >= 15 is 0 Å². The molecule has 2 aliphatic heterocycles. The number of carbonyl (C=O) groups excluding carboxylic acids is 1. The first-order chi connectivity index (χ1) is 10.0. The summed E-state index contributed by atoms with van der Waals surface area (Å²) in [5.41, 5.74) is -0.00645. The standard InChI is InChI=1S/C16H26N4O/c1-13(21)20-10-4-6-14-16(20,2)7-5-9-19(14)12-15-17-8-11-18(15)3/h8,11,14H,4-7,9-10,12H2,1-3H3/t14-,16+/m1/s1. The fourth-order valence-electron chi connectivity index (χ4n) is 4.30. The highest BCUT2D eigenvalue weighted by atomic mass is 16.2. The second-order valence-electron chi connectivity index (χ2n) is 6.71. The first kappa shape index (κ1) is 14.6. The summed E-state index contributed by atoms with van der Waals surface area (Å²) in [6.07, 6.45) is 8.43. The summed E-state index contributed by atoms with van der Waals surface area (Å²) in [4.78, 5) is 21.2. The van der Waals surface area contributed by atoms with Crippen LogP contribution in [0.4, 0.5) is 0 Å². The fraction of sp³-hybridized carbons (Fsp3) is 0.750. The fourth-order valence-corrected chi connectivity index (χ4v) is 4.30. The third kappa shape index (κ3) is 2.48. The number of rotatable bonds is 2. The van der Waals surface area contributed by atoms with E-state index in [0.29, 0.717) is 6.04 Å². The van der Waals surface area contributed by atoms with Crippen LogP contribution in [0.15, 0.2) is 12.4 Å². The lowest BCUT2D eigenvalue weighted by atomic mass is 9.76. The normalized spacial score (nSPS) is 30.2. The van der Waals surface area contributed by atoms with Gasteiger partial charge in [-0.05, 0) is 39.2 Å². The molecule has 0 aromatic carbocycles. The minimum absolute atomic E-state index is 0.00645. The van der Waals surface area contributed by atoms with Gasteiger partial charge in [-0.1, -0.05) is 0 Å². The Labute approximate surface area is 126 Å². The van der Waals surface area contributed by atoms with Crippen molar-refractivity contribution in [2.45, 2.75) is 57.7 Å². The predicted molar refractivity (Wildman–Crippen MR) is 81.7 cm³/mol. The molecule has 0 unspecified atom stereocenters. The number of aryl methyl sites for hydroxylation is 1. The first-order valence-electron chi connectivity index (χ1n) is 8.01. The van der Waals surface area contributed by atoms with Gasteiger partial charge in [0.2, 0.25) is 5.91 Å². The van der Waals surface area contributed by atoms with E-state index in [0.717, 1.165) is 44.7 Å². The summed E-state index contributed by atoms with van der Waals surface area (Å²) in [6, 6.07) is 0.459. The van der Waals surface area contributed by atoms with Crippen LogP contribution in [0.1, 0.15) is 45.4 Å². The van der Waals surface area contributed by atoms with Crippen molar-refractivity contribution in [2.75, 3.05) is 13.1 Å². The van der Waals surface area contributed by atoms with Crippen LogP contribution >= 0.6 is 0 Å². The van der Waals surface area contributed by atoms with E-state index in [1.807, 2.05) is 19.4 Å². The lowest BCUT2D eigenvalue weighted by Crippen LogP contribution is -2.66. The molecule has 0 N–H and O–H groups in total. The van der Waals surface area contributed by atoms with Gasteiger partial charge in [-0.25, -0.2) is 4.98 Å². The van der Waals surface area contributed by atoms with E-state index in [2.05, 4.69) is 26.3 Å². The molecule has 2 aliphatic rings. The zero-order valence-electron chi connectivity index (χ0n) is 13.4. The summed E-state index contributed by atoms with van der Waals surface area (Å²) in [6.45, 7) is 6.90. The van der Waals surface area contributed by atoms with Gasteiger partial charge in [0.25, 0.3) is 0 Å². The molecular weight excluding hydrogens is 264 g/mol. The molecule has 0 radical (unpaired) electrons. The van der Waals surface area contributed by atoms with Gasteiger partial charge in [-0.3, -0.25) is 9.69 Å². The lowest BCUT2D eigenvalue weighted by molar-refractivity contribution is -0.145.